The average molecular weight is 268 g/mol. The fourth-order valence-electron chi connectivity index (χ4n) is 1.68. The van der Waals surface area contributed by atoms with Gasteiger partial charge in [-0.2, -0.15) is 0 Å². The quantitative estimate of drug-likeness (QED) is 0.765. The normalized spacial score (nSPS) is 13.3. The molecule has 0 spiro atoms. The van der Waals surface area contributed by atoms with Crippen LogP contribution in [-0.2, 0) is 16.1 Å². The second-order valence-electron chi connectivity index (χ2n) is 4.77. The van der Waals surface area contributed by atoms with Gasteiger partial charge in [-0.15, -0.1) is 11.3 Å². The van der Waals surface area contributed by atoms with E-state index in [0.29, 0.717) is 12.5 Å². The zero-order chi connectivity index (χ0) is 13.5. The Hall–Kier alpha value is -1.13. The van der Waals surface area contributed by atoms with Crippen molar-refractivity contribution in [2.24, 2.45) is 5.92 Å². The van der Waals surface area contributed by atoms with E-state index in [-0.39, 0.29) is 6.10 Å². The van der Waals surface area contributed by atoms with Gasteiger partial charge in [0.15, 0.2) is 0 Å². The first-order valence-electron chi connectivity index (χ1n) is 6.07. The van der Waals surface area contributed by atoms with Crippen molar-refractivity contribution in [1.29, 1.82) is 0 Å². The van der Waals surface area contributed by atoms with E-state index >= 15 is 0 Å². The van der Waals surface area contributed by atoms with Gasteiger partial charge in [0.25, 0.3) is 0 Å². The summed E-state index contributed by atoms with van der Waals surface area (Å²) in [6.07, 6.45) is 4.05. The second-order valence-corrected chi connectivity index (χ2v) is 5.76. The smallest absolute Gasteiger partial charge is 0.328 e. The van der Waals surface area contributed by atoms with Crippen LogP contribution in [0.4, 0.5) is 0 Å². The number of hydrogen-bond donors (Lipinski definition) is 1. The molecule has 0 aliphatic heterocycles. The number of carbonyl (C=O) groups is 1. The molecule has 0 radical (unpaired) electrons. The molecule has 0 bridgehead atoms. The number of hydrogen-bond acceptors (Lipinski definition) is 3. The molecule has 1 aromatic heterocycles. The molecule has 1 aromatic rings. The molecule has 1 heterocycles. The van der Waals surface area contributed by atoms with E-state index in [1.165, 1.54) is 0 Å². The van der Waals surface area contributed by atoms with Gasteiger partial charge >= 0.3 is 5.97 Å². The Kier molecular flexibility index (Phi) is 6.09. The van der Waals surface area contributed by atoms with Crippen LogP contribution in [0.15, 0.2) is 17.5 Å². The number of carboxylic acid groups (broad SMARTS) is 1. The molecule has 1 unspecified atom stereocenters. The summed E-state index contributed by atoms with van der Waals surface area (Å²) in [4.78, 5) is 11.5. The predicted octanol–water partition coefficient (Wildman–Crippen LogP) is 3.80. The lowest BCUT2D eigenvalue weighted by Gasteiger charge is -2.14. The van der Waals surface area contributed by atoms with Crippen molar-refractivity contribution in [1.82, 2.24) is 0 Å². The first-order chi connectivity index (χ1) is 8.47. The van der Waals surface area contributed by atoms with E-state index < -0.39 is 5.97 Å². The van der Waals surface area contributed by atoms with E-state index in [4.69, 9.17) is 9.84 Å². The van der Waals surface area contributed by atoms with Gasteiger partial charge in [-0.3, -0.25) is 0 Å². The molecule has 1 N–H and O–H groups in total. The highest BCUT2D eigenvalue weighted by Crippen LogP contribution is 2.18. The summed E-state index contributed by atoms with van der Waals surface area (Å²) in [5.74, 6) is -0.290. The Labute approximate surface area is 112 Å². The zero-order valence-electron chi connectivity index (χ0n) is 11.1. The van der Waals surface area contributed by atoms with E-state index in [0.717, 1.165) is 22.9 Å². The minimum absolute atomic E-state index is 0.255. The van der Waals surface area contributed by atoms with Gasteiger partial charge in [0.1, 0.15) is 0 Å². The van der Waals surface area contributed by atoms with Gasteiger partial charge in [-0.1, -0.05) is 13.8 Å². The fraction of sp³-hybridized carbons (Fsp3) is 0.500. The van der Waals surface area contributed by atoms with Gasteiger partial charge in [0.2, 0.25) is 0 Å². The fourth-order valence-corrected chi connectivity index (χ4v) is 2.46. The lowest BCUT2D eigenvalue weighted by molar-refractivity contribution is -0.131. The third-order valence-corrected chi connectivity index (χ3v) is 3.33. The van der Waals surface area contributed by atoms with Crippen LogP contribution in [0.2, 0.25) is 0 Å². The Balaban J connectivity index is 2.42. The van der Waals surface area contributed by atoms with E-state index in [2.05, 4.69) is 20.8 Å². The predicted molar refractivity (Wildman–Crippen MR) is 74.7 cm³/mol. The molecule has 0 saturated heterocycles. The number of carboxylic acids is 1. The number of aliphatic carboxylic acids is 1. The van der Waals surface area contributed by atoms with Crippen LogP contribution in [0.1, 0.15) is 37.6 Å². The summed E-state index contributed by atoms with van der Waals surface area (Å²) < 4.78 is 5.75. The molecule has 0 saturated carbocycles. The first kappa shape index (κ1) is 14.9. The summed E-state index contributed by atoms with van der Waals surface area (Å²) in [5.41, 5.74) is 0.914. The molecule has 0 aliphatic carbocycles. The van der Waals surface area contributed by atoms with Crippen LogP contribution >= 0.6 is 11.3 Å². The molecule has 0 aromatic carbocycles. The van der Waals surface area contributed by atoms with Crippen LogP contribution in [-0.4, -0.2) is 17.2 Å². The van der Waals surface area contributed by atoms with Gasteiger partial charge < -0.3 is 9.84 Å². The van der Waals surface area contributed by atoms with Crippen LogP contribution < -0.4 is 0 Å². The average Bonchev–Trinajstić information content (AvgIpc) is 2.70. The Bertz CT molecular complexity index is 407. The standard InChI is InChI=1S/C14H20O3S/c1-10(2)6-11(3)17-8-13-7-12(9-18-13)4-5-14(15)16/h4-5,7,9-11H,6,8H2,1-3H3,(H,15,16). The molecule has 1 atom stereocenters. The number of rotatable bonds is 7. The molecule has 0 aliphatic rings. The molecule has 0 fully saturated rings. The maximum absolute atomic E-state index is 10.4. The van der Waals surface area contributed by atoms with Gasteiger partial charge in [-0.25, -0.2) is 4.79 Å². The minimum Gasteiger partial charge on any atom is -0.478 e. The van der Waals surface area contributed by atoms with Gasteiger partial charge in [0.05, 0.1) is 12.7 Å². The summed E-state index contributed by atoms with van der Waals surface area (Å²) in [6, 6.07) is 1.96. The topological polar surface area (TPSA) is 46.5 Å². The van der Waals surface area contributed by atoms with E-state index in [1.807, 2.05) is 11.4 Å². The minimum atomic E-state index is -0.926. The highest BCUT2D eigenvalue weighted by Gasteiger charge is 2.06. The lowest BCUT2D eigenvalue weighted by Crippen LogP contribution is -2.10. The maximum atomic E-state index is 10.4. The number of thiophene rings is 1. The molecule has 18 heavy (non-hydrogen) atoms. The molecule has 4 heteroatoms. The second kappa shape index (κ2) is 7.34. The Morgan fingerprint density at radius 3 is 2.83 bits per heavy atom. The Morgan fingerprint density at radius 1 is 1.50 bits per heavy atom. The summed E-state index contributed by atoms with van der Waals surface area (Å²) >= 11 is 1.59. The maximum Gasteiger partial charge on any atom is 0.328 e. The third kappa shape index (κ3) is 5.98. The first-order valence-corrected chi connectivity index (χ1v) is 6.95. The van der Waals surface area contributed by atoms with Crippen molar-refractivity contribution in [2.75, 3.05) is 0 Å². The number of ether oxygens (including phenoxy) is 1. The summed E-state index contributed by atoms with van der Waals surface area (Å²) in [6.45, 7) is 7.04. The molecule has 3 nitrogen and oxygen atoms in total. The summed E-state index contributed by atoms with van der Waals surface area (Å²) in [7, 11) is 0. The Morgan fingerprint density at radius 2 is 2.22 bits per heavy atom. The van der Waals surface area contributed by atoms with Crippen molar-refractivity contribution in [3.05, 3.63) is 28.0 Å². The van der Waals surface area contributed by atoms with Gasteiger partial charge in [0, 0.05) is 11.0 Å². The zero-order valence-corrected chi connectivity index (χ0v) is 11.9. The molecule has 1 rings (SSSR count). The highest BCUT2D eigenvalue weighted by atomic mass is 32.1. The van der Waals surface area contributed by atoms with Crippen molar-refractivity contribution in [2.45, 2.75) is 39.9 Å². The summed E-state index contributed by atoms with van der Waals surface area (Å²) in [5, 5.41) is 10.5. The van der Waals surface area contributed by atoms with Gasteiger partial charge in [-0.05, 0) is 42.3 Å². The van der Waals surface area contributed by atoms with E-state index in [9.17, 15) is 4.79 Å². The highest BCUT2D eigenvalue weighted by molar-refractivity contribution is 7.10. The van der Waals surface area contributed by atoms with Crippen LogP contribution in [0, 0.1) is 5.92 Å². The van der Waals surface area contributed by atoms with E-state index in [1.54, 1.807) is 17.4 Å². The van der Waals surface area contributed by atoms with Crippen LogP contribution in [0.5, 0.6) is 0 Å². The van der Waals surface area contributed by atoms with Crippen molar-refractivity contribution in [3.63, 3.8) is 0 Å². The lowest BCUT2D eigenvalue weighted by atomic mass is 10.1. The van der Waals surface area contributed by atoms with Crippen molar-refractivity contribution >= 4 is 23.4 Å². The monoisotopic (exact) mass is 268 g/mol. The molecular formula is C14H20O3S. The molecule has 0 amide bonds. The van der Waals surface area contributed by atoms with Crippen LogP contribution in [0.3, 0.4) is 0 Å². The van der Waals surface area contributed by atoms with Crippen LogP contribution in [0.25, 0.3) is 6.08 Å². The molecular weight excluding hydrogens is 248 g/mol. The van der Waals surface area contributed by atoms with Crippen molar-refractivity contribution < 1.29 is 14.6 Å². The largest absolute Gasteiger partial charge is 0.478 e. The SMILES string of the molecule is CC(C)CC(C)OCc1cc(C=CC(=O)O)cs1. The van der Waals surface area contributed by atoms with Crippen molar-refractivity contribution in [3.8, 4) is 0 Å². The third-order valence-electron chi connectivity index (χ3n) is 2.41. The molecule has 100 valence electrons.